The van der Waals surface area contributed by atoms with E-state index in [0.717, 1.165) is 11.1 Å². The Balaban J connectivity index is 3.01. The third-order valence-corrected chi connectivity index (χ3v) is 2.89. The van der Waals surface area contributed by atoms with E-state index in [1.54, 1.807) is 6.07 Å². The van der Waals surface area contributed by atoms with Gasteiger partial charge in [0.25, 0.3) is 0 Å². The molecule has 104 valence electrons. The van der Waals surface area contributed by atoms with Gasteiger partial charge in [-0.3, -0.25) is 9.59 Å². The molecule has 0 fully saturated rings. The van der Waals surface area contributed by atoms with Gasteiger partial charge in [0.15, 0.2) is 5.78 Å². The molecular formula is C14H19NO4. The van der Waals surface area contributed by atoms with Crippen molar-refractivity contribution in [2.24, 2.45) is 5.73 Å². The Morgan fingerprint density at radius 2 is 2.00 bits per heavy atom. The Morgan fingerprint density at radius 1 is 1.37 bits per heavy atom. The van der Waals surface area contributed by atoms with Crippen LogP contribution in [0.25, 0.3) is 0 Å². The molecule has 5 heteroatoms. The third kappa shape index (κ3) is 3.79. The first kappa shape index (κ1) is 15.2. The number of methoxy groups -OCH3 is 1. The second-order valence-electron chi connectivity index (χ2n) is 4.57. The van der Waals surface area contributed by atoms with Crippen molar-refractivity contribution in [1.82, 2.24) is 0 Å². The fourth-order valence-corrected chi connectivity index (χ4v) is 2.02. The van der Waals surface area contributed by atoms with Gasteiger partial charge in [0.1, 0.15) is 5.75 Å². The molecule has 5 nitrogen and oxygen atoms in total. The van der Waals surface area contributed by atoms with Crippen molar-refractivity contribution in [3.8, 4) is 5.75 Å². The standard InChI is InChI=1S/C14H19NO4/c1-8-6-9(2)14(19-3)10(7-8)13(18)11(15)4-5-12(16)17/h6-7,11H,4-5,15H2,1-3H3,(H,16,17). The van der Waals surface area contributed by atoms with E-state index in [4.69, 9.17) is 15.6 Å². The summed E-state index contributed by atoms with van der Waals surface area (Å²) < 4.78 is 5.24. The van der Waals surface area contributed by atoms with Gasteiger partial charge in [-0.05, 0) is 37.5 Å². The number of benzene rings is 1. The maximum atomic E-state index is 12.2. The van der Waals surface area contributed by atoms with Crippen LogP contribution in [0.15, 0.2) is 12.1 Å². The summed E-state index contributed by atoms with van der Waals surface area (Å²) in [7, 11) is 1.50. The quantitative estimate of drug-likeness (QED) is 0.764. The molecule has 0 heterocycles. The van der Waals surface area contributed by atoms with Crippen molar-refractivity contribution in [3.05, 3.63) is 28.8 Å². The Hall–Kier alpha value is -1.88. The van der Waals surface area contributed by atoms with Gasteiger partial charge in [0.05, 0.1) is 18.7 Å². The number of carbonyl (C=O) groups is 2. The Morgan fingerprint density at radius 3 is 2.53 bits per heavy atom. The summed E-state index contributed by atoms with van der Waals surface area (Å²) >= 11 is 0. The first-order valence-corrected chi connectivity index (χ1v) is 6.03. The topological polar surface area (TPSA) is 89.6 Å². The highest BCUT2D eigenvalue weighted by Gasteiger charge is 2.21. The van der Waals surface area contributed by atoms with Crippen molar-refractivity contribution in [2.75, 3.05) is 7.11 Å². The van der Waals surface area contributed by atoms with Crippen LogP contribution in [0.3, 0.4) is 0 Å². The molecule has 0 aliphatic rings. The van der Waals surface area contributed by atoms with Gasteiger partial charge < -0.3 is 15.6 Å². The van der Waals surface area contributed by atoms with Crippen molar-refractivity contribution >= 4 is 11.8 Å². The lowest BCUT2D eigenvalue weighted by Gasteiger charge is -2.15. The van der Waals surface area contributed by atoms with Crippen LogP contribution in [0.2, 0.25) is 0 Å². The van der Waals surface area contributed by atoms with Crippen LogP contribution in [-0.2, 0) is 4.79 Å². The molecule has 0 amide bonds. The highest BCUT2D eigenvalue weighted by molar-refractivity contribution is 6.03. The fraction of sp³-hybridized carbons (Fsp3) is 0.429. The van der Waals surface area contributed by atoms with Gasteiger partial charge in [-0.2, -0.15) is 0 Å². The first-order chi connectivity index (χ1) is 8.86. The van der Waals surface area contributed by atoms with Gasteiger partial charge >= 0.3 is 5.97 Å². The summed E-state index contributed by atoms with van der Waals surface area (Å²) in [5.41, 5.74) is 7.96. The molecule has 0 saturated heterocycles. The SMILES string of the molecule is COc1c(C)cc(C)cc1C(=O)C(N)CCC(=O)O. The van der Waals surface area contributed by atoms with E-state index >= 15 is 0 Å². The molecule has 1 atom stereocenters. The normalized spacial score (nSPS) is 12.0. The number of carboxylic acids is 1. The van der Waals surface area contributed by atoms with Crippen LogP contribution in [0.1, 0.15) is 34.3 Å². The molecule has 1 aromatic rings. The monoisotopic (exact) mass is 265 g/mol. The molecular weight excluding hydrogens is 246 g/mol. The molecule has 0 aliphatic carbocycles. The molecule has 1 unspecified atom stereocenters. The van der Waals surface area contributed by atoms with E-state index in [2.05, 4.69) is 0 Å². The summed E-state index contributed by atoms with van der Waals surface area (Å²) in [6, 6.07) is 2.80. The largest absolute Gasteiger partial charge is 0.496 e. The van der Waals surface area contributed by atoms with Crippen LogP contribution in [-0.4, -0.2) is 30.0 Å². The average molecular weight is 265 g/mol. The second kappa shape index (κ2) is 6.33. The highest BCUT2D eigenvalue weighted by atomic mass is 16.5. The minimum absolute atomic E-state index is 0.115. The number of carbonyl (C=O) groups excluding carboxylic acids is 1. The zero-order valence-electron chi connectivity index (χ0n) is 11.4. The number of carboxylic acid groups (broad SMARTS) is 1. The maximum absolute atomic E-state index is 12.2. The Bertz CT molecular complexity index is 496. The third-order valence-electron chi connectivity index (χ3n) is 2.89. The summed E-state index contributed by atoms with van der Waals surface area (Å²) in [6.07, 6.45) is -0.00959. The molecule has 3 N–H and O–H groups in total. The van der Waals surface area contributed by atoms with Crippen LogP contribution in [0, 0.1) is 13.8 Å². The number of rotatable bonds is 6. The zero-order valence-corrected chi connectivity index (χ0v) is 11.4. The number of hydrogen-bond donors (Lipinski definition) is 2. The van der Waals surface area contributed by atoms with Crippen molar-refractivity contribution < 1.29 is 19.4 Å². The molecule has 0 aromatic heterocycles. The smallest absolute Gasteiger partial charge is 0.303 e. The molecule has 0 spiro atoms. The lowest BCUT2D eigenvalue weighted by Crippen LogP contribution is -2.31. The number of hydrogen-bond acceptors (Lipinski definition) is 4. The van der Waals surface area contributed by atoms with Crippen molar-refractivity contribution in [3.63, 3.8) is 0 Å². The minimum atomic E-state index is -0.962. The summed E-state index contributed by atoms with van der Waals surface area (Å²) in [5.74, 6) is -0.748. The van der Waals surface area contributed by atoms with Gasteiger partial charge in [-0.25, -0.2) is 0 Å². The predicted molar refractivity (Wildman–Crippen MR) is 71.6 cm³/mol. The van der Waals surface area contributed by atoms with Crippen molar-refractivity contribution in [2.45, 2.75) is 32.7 Å². The van der Waals surface area contributed by atoms with Gasteiger partial charge in [-0.1, -0.05) is 6.07 Å². The second-order valence-corrected chi connectivity index (χ2v) is 4.57. The predicted octanol–water partition coefficient (Wildman–Crippen LogP) is 1.69. The molecule has 1 aromatic carbocycles. The lowest BCUT2D eigenvalue weighted by molar-refractivity contribution is -0.137. The zero-order chi connectivity index (χ0) is 14.6. The minimum Gasteiger partial charge on any atom is -0.496 e. The summed E-state index contributed by atoms with van der Waals surface area (Å²) in [6.45, 7) is 3.73. The van der Waals surface area contributed by atoms with Crippen LogP contribution < -0.4 is 10.5 Å². The summed E-state index contributed by atoms with van der Waals surface area (Å²) in [4.78, 5) is 22.7. The van der Waals surface area contributed by atoms with E-state index in [1.165, 1.54) is 7.11 Å². The average Bonchev–Trinajstić information content (AvgIpc) is 2.34. The number of aliphatic carboxylic acids is 1. The molecule has 0 radical (unpaired) electrons. The number of aryl methyl sites for hydroxylation is 2. The van der Waals surface area contributed by atoms with Crippen LogP contribution >= 0.6 is 0 Å². The van der Waals surface area contributed by atoms with Crippen LogP contribution in [0.4, 0.5) is 0 Å². The fourth-order valence-electron chi connectivity index (χ4n) is 2.02. The molecule has 1 rings (SSSR count). The molecule has 0 saturated carbocycles. The van der Waals surface area contributed by atoms with Crippen LogP contribution in [0.5, 0.6) is 5.75 Å². The lowest BCUT2D eigenvalue weighted by atomic mass is 9.96. The molecule has 0 aliphatic heterocycles. The van der Waals surface area contributed by atoms with Gasteiger partial charge in [0, 0.05) is 6.42 Å². The Labute approximate surface area is 112 Å². The number of Topliss-reactive ketones (excluding diaryl/α,β-unsaturated/α-hetero) is 1. The van der Waals surface area contributed by atoms with Gasteiger partial charge in [0.2, 0.25) is 0 Å². The molecule has 19 heavy (non-hydrogen) atoms. The van der Waals surface area contributed by atoms with E-state index in [-0.39, 0.29) is 18.6 Å². The van der Waals surface area contributed by atoms with E-state index in [0.29, 0.717) is 11.3 Å². The van der Waals surface area contributed by atoms with E-state index in [1.807, 2.05) is 19.9 Å². The Kier molecular flexibility index (Phi) is 5.06. The molecule has 0 bridgehead atoms. The number of ketones is 1. The van der Waals surface area contributed by atoms with E-state index < -0.39 is 12.0 Å². The number of ether oxygens (including phenoxy) is 1. The highest BCUT2D eigenvalue weighted by Crippen LogP contribution is 2.26. The van der Waals surface area contributed by atoms with Gasteiger partial charge in [-0.15, -0.1) is 0 Å². The maximum Gasteiger partial charge on any atom is 0.303 e. The van der Waals surface area contributed by atoms with E-state index in [9.17, 15) is 9.59 Å². The first-order valence-electron chi connectivity index (χ1n) is 6.03. The van der Waals surface area contributed by atoms with Crippen molar-refractivity contribution in [1.29, 1.82) is 0 Å². The number of nitrogens with two attached hydrogens (primary N) is 1. The summed E-state index contributed by atoms with van der Waals surface area (Å²) in [5, 5.41) is 8.61.